The molecule has 1 unspecified atom stereocenters. The van der Waals surface area contributed by atoms with Gasteiger partial charge in [-0.25, -0.2) is 0 Å². The fourth-order valence-electron chi connectivity index (χ4n) is 1.60. The van der Waals surface area contributed by atoms with Crippen LogP contribution >= 0.6 is 27.3 Å². The van der Waals surface area contributed by atoms with Gasteiger partial charge in [0.25, 0.3) is 0 Å². The summed E-state index contributed by atoms with van der Waals surface area (Å²) < 4.78 is 0.975. The van der Waals surface area contributed by atoms with E-state index in [4.69, 9.17) is 0 Å². The lowest BCUT2D eigenvalue weighted by molar-refractivity contribution is 0.220. The van der Waals surface area contributed by atoms with Crippen LogP contribution in [0.3, 0.4) is 0 Å². The molecule has 2 aromatic rings. The molecule has 2 rings (SSSR count). The van der Waals surface area contributed by atoms with Gasteiger partial charge in [-0.15, -0.1) is 0 Å². The molecule has 0 saturated carbocycles. The Hall–Kier alpha value is -0.640. The van der Waals surface area contributed by atoms with Gasteiger partial charge in [0, 0.05) is 15.4 Å². The van der Waals surface area contributed by atoms with Crippen LogP contribution in [0.25, 0.3) is 0 Å². The smallest absolute Gasteiger partial charge is 0.106 e. The number of hydrogen-bond acceptors (Lipinski definition) is 2. The highest BCUT2D eigenvalue weighted by molar-refractivity contribution is 9.10. The van der Waals surface area contributed by atoms with Crippen molar-refractivity contribution in [3.63, 3.8) is 0 Å². The van der Waals surface area contributed by atoms with Gasteiger partial charge in [-0.3, -0.25) is 0 Å². The molecule has 1 nitrogen and oxygen atoms in total. The Morgan fingerprint density at radius 1 is 1.19 bits per heavy atom. The van der Waals surface area contributed by atoms with Crippen molar-refractivity contribution in [2.45, 2.75) is 20.0 Å². The lowest BCUT2D eigenvalue weighted by atomic mass is 10.00. The zero-order valence-electron chi connectivity index (χ0n) is 9.20. The van der Waals surface area contributed by atoms with Crippen LogP contribution in [-0.2, 0) is 0 Å². The molecule has 1 aromatic carbocycles. The molecule has 1 atom stereocenters. The number of thiophene rings is 1. The predicted octanol–water partition coefficient (Wildman–Crippen LogP) is 4.21. The first-order valence-electron chi connectivity index (χ1n) is 5.06. The molecule has 84 valence electrons. The number of hydrogen-bond donors (Lipinski definition) is 1. The van der Waals surface area contributed by atoms with E-state index >= 15 is 0 Å². The second-order valence-corrected chi connectivity index (χ2v) is 5.52. The number of aliphatic hydroxyl groups excluding tert-OH is 1. The number of benzene rings is 1. The highest BCUT2D eigenvalue weighted by Gasteiger charge is 2.14. The molecule has 0 spiro atoms. The molecule has 1 aromatic heterocycles. The third-order valence-corrected chi connectivity index (χ3v) is 4.54. The standard InChI is InChI=1S/C13H13BrOS/c1-8-3-4-10(5-9(8)2)13(15)11-6-16-7-12(11)14/h3-7,13,15H,1-2H3. The van der Waals surface area contributed by atoms with Crippen molar-refractivity contribution in [3.8, 4) is 0 Å². The lowest BCUT2D eigenvalue weighted by Crippen LogP contribution is -1.99. The summed E-state index contributed by atoms with van der Waals surface area (Å²) in [7, 11) is 0. The highest BCUT2D eigenvalue weighted by atomic mass is 79.9. The molecule has 3 heteroatoms. The number of rotatable bonds is 2. The van der Waals surface area contributed by atoms with Crippen LogP contribution in [0.15, 0.2) is 33.4 Å². The summed E-state index contributed by atoms with van der Waals surface area (Å²) in [5, 5.41) is 14.2. The first-order chi connectivity index (χ1) is 7.59. The van der Waals surface area contributed by atoms with E-state index < -0.39 is 6.10 Å². The molecule has 0 saturated heterocycles. The molecule has 0 fully saturated rings. The van der Waals surface area contributed by atoms with Crippen LogP contribution in [0.5, 0.6) is 0 Å². The third-order valence-electron chi connectivity index (χ3n) is 2.78. The zero-order valence-corrected chi connectivity index (χ0v) is 11.6. The van der Waals surface area contributed by atoms with Crippen molar-refractivity contribution in [2.75, 3.05) is 0 Å². The van der Waals surface area contributed by atoms with E-state index in [0.29, 0.717) is 0 Å². The Kier molecular flexibility index (Phi) is 3.47. The summed E-state index contributed by atoms with van der Waals surface area (Å²) in [5.74, 6) is 0. The average Bonchev–Trinajstić information content (AvgIpc) is 2.67. The maximum atomic E-state index is 10.3. The van der Waals surface area contributed by atoms with E-state index in [0.717, 1.165) is 15.6 Å². The number of aryl methyl sites for hydroxylation is 2. The average molecular weight is 297 g/mol. The van der Waals surface area contributed by atoms with E-state index in [1.165, 1.54) is 11.1 Å². The Morgan fingerprint density at radius 3 is 2.50 bits per heavy atom. The number of halogens is 1. The van der Waals surface area contributed by atoms with E-state index in [2.05, 4.69) is 29.8 Å². The van der Waals surface area contributed by atoms with Gasteiger partial charge in [0.15, 0.2) is 0 Å². The summed E-state index contributed by atoms with van der Waals surface area (Å²) in [6.07, 6.45) is -0.542. The zero-order chi connectivity index (χ0) is 11.7. The normalized spacial score (nSPS) is 12.8. The van der Waals surface area contributed by atoms with E-state index in [1.54, 1.807) is 11.3 Å². The minimum absolute atomic E-state index is 0.542. The Balaban J connectivity index is 2.38. The van der Waals surface area contributed by atoms with Gasteiger partial charge in [0.1, 0.15) is 6.10 Å². The summed E-state index contributed by atoms with van der Waals surface area (Å²) in [6.45, 7) is 4.14. The molecular formula is C13H13BrOS. The van der Waals surface area contributed by atoms with E-state index in [-0.39, 0.29) is 0 Å². The van der Waals surface area contributed by atoms with Crippen molar-refractivity contribution >= 4 is 27.3 Å². The van der Waals surface area contributed by atoms with Crippen LogP contribution in [0, 0.1) is 13.8 Å². The summed E-state index contributed by atoms with van der Waals surface area (Å²) in [6, 6.07) is 6.08. The maximum absolute atomic E-state index is 10.3. The SMILES string of the molecule is Cc1ccc(C(O)c2cscc2Br)cc1C. The topological polar surface area (TPSA) is 20.2 Å². The second-order valence-electron chi connectivity index (χ2n) is 3.92. The third kappa shape index (κ3) is 2.21. The maximum Gasteiger partial charge on any atom is 0.106 e. The Labute approximate surface area is 108 Å². The summed E-state index contributed by atoms with van der Waals surface area (Å²) >= 11 is 5.04. The minimum atomic E-state index is -0.542. The van der Waals surface area contributed by atoms with Crippen LogP contribution in [-0.4, -0.2) is 5.11 Å². The minimum Gasteiger partial charge on any atom is -0.384 e. The monoisotopic (exact) mass is 296 g/mol. The van der Waals surface area contributed by atoms with Crippen molar-refractivity contribution in [3.05, 3.63) is 55.7 Å². The van der Waals surface area contributed by atoms with Crippen LogP contribution in [0.4, 0.5) is 0 Å². The molecular weight excluding hydrogens is 284 g/mol. The van der Waals surface area contributed by atoms with Crippen molar-refractivity contribution in [1.29, 1.82) is 0 Å². The molecule has 1 heterocycles. The van der Waals surface area contributed by atoms with Crippen molar-refractivity contribution in [1.82, 2.24) is 0 Å². The molecule has 0 bridgehead atoms. The Bertz CT molecular complexity index is 504. The molecule has 1 N–H and O–H groups in total. The molecule has 0 radical (unpaired) electrons. The van der Waals surface area contributed by atoms with Crippen molar-refractivity contribution < 1.29 is 5.11 Å². The van der Waals surface area contributed by atoms with Gasteiger partial charge >= 0.3 is 0 Å². The second kappa shape index (κ2) is 4.70. The van der Waals surface area contributed by atoms with Crippen LogP contribution < -0.4 is 0 Å². The summed E-state index contributed by atoms with van der Waals surface area (Å²) in [4.78, 5) is 0. The fourth-order valence-corrected chi connectivity index (χ4v) is 3.13. The molecule has 0 amide bonds. The molecule has 0 aliphatic heterocycles. The van der Waals surface area contributed by atoms with Gasteiger partial charge in [0.05, 0.1) is 0 Å². The van der Waals surface area contributed by atoms with Crippen LogP contribution in [0.2, 0.25) is 0 Å². The highest BCUT2D eigenvalue weighted by Crippen LogP contribution is 2.31. The van der Waals surface area contributed by atoms with Gasteiger partial charge in [-0.2, -0.15) is 11.3 Å². The van der Waals surface area contributed by atoms with E-state index in [9.17, 15) is 5.11 Å². The first kappa shape index (κ1) is 11.8. The lowest BCUT2D eigenvalue weighted by Gasteiger charge is -2.12. The molecule has 0 aliphatic rings. The quantitative estimate of drug-likeness (QED) is 0.880. The fraction of sp³-hybridized carbons (Fsp3) is 0.231. The van der Waals surface area contributed by atoms with Crippen molar-refractivity contribution in [2.24, 2.45) is 0 Å². The van der Waals surface area contributed by atoms with Gasteiger partial charge in [0.2, 0.25) is 0 Å². The van der Waals surface area contributed by atoms with Gasteiger partial charge < -0.3 is 5.11 Å². The summed E-state index contributed by atoms with van der Waals surface area (Å²) in [5.41, 5.74) is 4.35. The van der Waals surface area contributed by atoms with Crippen LogP contribution in [0.1, 0.15) is 28.4 Å². The first-order valence-corrected chi connectivity index (χ1v) is 6.80. The van der Waals surface area contributed by atoms with E-state index in [1.807, 2.05) is 29.0 Å². The number of aliphatic hydroxyl groups is 1. The Morgan fingerprint density at radius 2 is 1.94 bits per heavy atom. The van der Waals surface area contributed by atoms with Gasteiger partial charge in [-0.1, -0.05) is 18.2 Å². The predicted molar refractivity (Wildman–Crippen MR) is 72.0 cm³/mol. The molecule has 0 aliphatic carbocycles. The largest absolute Gasteiger partial charge is 0.384 e. The molecule has 16 heavy (non-hydrogen) atoms. The van der Waals surface area contributed by atoms with Gasteiger partial charge in [-0.05, 0) is 51.8 Å².